The van der Waals surface area contributed by atoms with E-state index in [-0.39, 0.29) is 36.8 Å². The van der Waals surface area contributed by atoms with Gasteiger partial charge in [-0.1, -0.05) is 13.8 Å². The summed E-state index contributed by atoms with van der Waals surface area (Å²) in [5.74, 6) is -1.51. The molecule has 0 aliphatic carbocycles. The number of carboxylic acids is 1. The number of carboxylic acid groups (broad SMARTS) is 1. The molecule has 1 aliphatic heterocycles. The third kappa shape index (κ3) is 5.91. The summed E-state index contributed by atoms with van der Waals surface area (Å²) >= 11 is 0. The van der Waals surface area contributed by atoms with E-state index in [0.29, 0.717) is 26.1 Å². The van der Waals surface area contributed by atoms with Crippen LogP contribution in [0.25, 0.3) is 0 Å². The summed E-state index contributed by atoms with van der Waals surface area (Å²) in [6.45, 7) is 7.05. The summed E-state index contributed by atoms with van der Waals surface area (Å²) in [6.07, 6.45) is 0.848. The fourth-order valence-corrected chi connectivity index (χ4v) is 2.65. The zero-order valence-corrected chi connectivity index (χ0v) is 13.5. The molecule has 3 unspecified atom stereocenters. The number of carbonyl (C=O) groups excluding carboxylic acids is 2. The van der Waals surface area contributed by atoms with Crippen LogP contribution in [0.15, 0.2) is 0 Å². The highest BCUT2D eigenvalue weighted by atomic mass is 16.5. The van der Waals surface area contributed by atoms with Gasteiger partial charge in [-0.15, -0.1) is 0 Å². The van der Waals surface area contributed by atoms with Crippen molar-refractivity contribution >= 4 is 18.0 Å². The molecule has 2 N–H and O–H groups in total. The lowest BCUT2D eigenvalue weighted by molar-refractivity contribution is -0.145. The number of aliphatic carboxylic acids is 1. The molecule has 0 aromatic heterocycles. The van der Waals surface area contributed by atoms with Gasteiger partial charge in [-0.25, -0.2) is 4.79 Å². The van der Waals surface area contributed by atoms with E-state index >= 15 is 0 Å². The fraction of sp³-hybridized carbons (Fsp3) is 0.800. The highest BCUT2D eigenvalue weighted by Gasteiger charge is 2.31. The maximum atomic E-state index is 12.1. The molecule has 1 fully saturated rings. The molecule has 1 rings (SSSR count). The van der Waals surface area contributed by atoms with Gasteiger partial charge in [-0.2, -0.15) is 0 Å². The molecule has 0 spiro atoms. The van der Waals surface area contributed by atoms with Crippen LogP contribution in [-0.2, 0) is 14.3 Å². The Hall–Kier alpha value is -1.79. The minimum Gasteiger partial charge on any atom is -0.481 e. The molecule has 126 valence electrons. The molecule has 1 saturated heterocycles. The SMILES string of the molecule is CCOC(=O)CC(C)CNC(=O)N1CC(C)CC(C(=O)O)C1. The van der Waals surface area contributed by atoms with Gasteiger partial charge in [0.05, 0.1) is 12.5 Å². The first-order valence-corrected chi connectivity index (χ1v) is 7.74. The Morgan fingerprint density at radius 3 is 2.64 bits per heavy atom. The summed E-state index contributed by atoms with van der Waals surface area (Å²) in [4.78, 5) is 36.1. The standard InChI is InChI=1S/C15H26N2O5/c1-4-22-13(18)6-10(2)7-16-15(21)17-8-11(3)5-12(9-17)14(19)20/h10-12H,4-9H2,1-3H3,(H,16,21)(H,19,20). The van der Waals surface area contributed by atoms with Crippen LogP contribution in [0, 0.1) is 17.8 Å². The third-order valence-electron chi connectivity index (χ3n) is 3.72. The van der Waals surface area contributed by atoms with E-state index in [9.17, 15) is 14.4 Å². The van der Waals surface area contributed by atoms with Crippen molar-refractivity contribution < 1.29 is 24.2 Å². The maximum Gasteiger partial charge on any atom is 0.317 e. The van der Waals surface area contributed by atoms with Gasteiger partial charge in [0.1, 0.15) is 0 Å². The molecule has 0 saturated carbocycles. The lowest BCUT2D eigenvalue weighted by Crippen LogP contribution is -2.50. The zero-order chi connectivity index (χ0) is 16.7. The number of hydrogen-bond acceptors (Lipinski definition) is 4. The van der Waals surface area contributed by atoms with E-state index < -0.39 is 11.9 Å². The Bertz CT molecular complexity index is 413. The average molecular weight is 314 g/mol. The van der Waals surface area contributed by atoms with E-state index in [1.54, 1.807) is 11.8 Å². The fourth-order valence-electron chi connectivity index (χ4n) is 2.65. The van der Waals surface area contributed by atoms with Crippen molar-refractivity contribution in [2.24, 2.45) is 17.8 Å². The van der Waals surface area contributed by atoms with Crippen molar-refractivity contribution in [3.63, 3.8) is 0 Å². The van der Waals surface area contributed by atoms with Gasteiger partial charge in [-0.3, -0.25) is 9.59 Å². The zero-order valence-electron chi connectivity index (χ0n) is 13.5. The smallest absolute Gasteiger partial charge is 0.317 e. The molecule has 7 heteroatoms. The largest absolute Gasteiger partial charge is 0.481 e. The molecular formula is C15H26N2O5. The van der Waals surface area contributed by atoms with Crippen LogP contribution in [0.4, 0.5) is 4.79 Å². The predicted molar refractivity (Wildman–Crippen MR) is 80.3 cm³/mol. The Balaban J connectivity index is 2.41. The molecule has 0 aromatic carbocycles. The van der Waals surface area contributed by atoms with E-state index in [2.05, 4.69) is 5.32 Å². The summed E-state index contributed by atoms with van der Waals surface area (Å²) < 4.78 is 4.86. The summed E-state index contributed by atoms with van der Waals surface area (Å²) in [5, 5.41) is 11.9. The Morgan fingerprint density at radius 2 is 2.05 bits per heavy atom. The number of nitrogens with zero attached hydrogens (tertiary/aromatic N) is 1. The first kappa shape index (κ1) is 18.3. The second kappa shape index (κ2) is 8.60. The van der Waals surface area contributed by atoms with Crippen LogP contribution < -0.4 is 5.32 Å². The highest BCUT2D eigenvalue weighted by Crippen LogP contribution is 2.21. The topological polar surface area (TPSA) is 95.9 Å². The maximum absolute atomic E-state index is 12.1. The average Bonchev–Trinajstić information content (AvgIpc) is 2.44. The minimum absolute atomic E-state index is 0.0273. The van der Waals surface area contributed by atoms with Crippen molar-refractivity contribution in [3.8, 4) is 0 Å². The third-order valence-corrected chi connectivity index (χ3v) is 3.72. The lowest BCUT2D eigenvalue weighted by Gasteiger charge is -2.34. The van der Waals surface area contributed by atoms with Crippen LogP contribution in [-0.4, -0.2) is 54.2 Å². The van der Waals surface area contributed by atoms with Gasteiger partial charge in [0.2, 0.25) is 0 Å². The van der Waals surface area contributed by atoms with Crippen LogP contribution >= 0.6 is 0 Å². The second-order valence-corrected chi connectivity index (χ2v) is 6.08. The van der Waals surface area contributed by atoms with Crippen molar-refractivity contribution in [3.05, 3.63) is 0 Å². The normalized spacial score (nSPS) is 22.8. The first-order chi connectivity index (χ1) is 10.3. The Kier molecular flexibility index (Phi) is 7.14. The number of nitrogens with one attached hydrogen (secondary N) is 1. The Labute approximate surface area is 131 Å². The minimum atomic E-state index is -0.861. The van der Waals surface area contributed by atoms with Crippen LogP contribution in [0.5, 0.6) is 0 Å². The number of rotatable bonds is 6. The number of urea groups is 1. The quantitative estimate of drug-likeness (QED) is 0.721. The first-order valence-electron chi connectivity index (χ1n) is 7.74. The Morgan fingerprint density at radius 1 is 1.36 bits per heavy atom. The number of piperidine rings is 1. The molecule has 22 heavy (non-hydrogen) atoms. The number of esters is 1. The number of amides is 2. The van der Waals surface area contributed by atoms with E-state index in [1.165, 1.54) is 0 Å². The molecular weight excluding hydrogens is 288 g/mol. The molecule has 0 radical (unpaired) electrons. The van der Waals surface area contributed by atoms with Gasteiger partial charge in [0.15, 0.2) is 0 Å². The van der Waals surface area contributed by atoms with Gasteiger partial charge >= 0.3 is 18.0 Å². The monoisotopic (exact) mass is 314 g/mol. The number of hydrogen-bond donors (Lipinski definition) is 2. The molecule has 0 bridgehead atoms. The molecule has 1 aliphatic rings. The van der Waals surface area contributed by atoms with Crippen LogP contribution in [0.2, 0.25) is 0 Å². The molecule has 0 aromatic rings. The number of likely N-dealkylation sites (tertiary alicyclic amines) is 1. The van der Waals surface area contributed by atoms with Crippen LogP contribution in [0.3, 0.4) is 0 Å². The predicted octanol–water partition coefficient (Wildman–Crippen LogP) is 1.33. The van der Waals surface area contributed by atoms with E-state index in [1.807, 2.05) is 13.8 Å². The summed E-state index contributed by atoms with van der Waals surface area (Å²) in [5.41, 5.74) is 0. The van der Waals surface area contributed by atoms with Crippen molar-refractivity contribution in [2.45, 2.75) is 33.6 Å². The van der Waals surface area contributed by atoms with Gasteiger partial charge < -0.3 is 20.1 Å². The van der Waals surface area contributed by atoms with Crippen molar-refractivity contribution in [1.82, 2.24) is 10.2 Å². The van der Waals surface area contributed by atoms with E-state index in [4.69, 9.17) is 9.84 Å². The molecule has 2 amide bonds. The van der Waals surface area contributed by atoms with E-state index in [0.717, 1.165) is 0 Å². The highest BCUT2D eigenvalue weighted by molar-refractivity contribution is 5.76. The molecule has 1 heterocycles. The molecule has 7 nitrogen and oxygen atoms in total. The van der Waals surface area contributed by atoms with Gasteiger partial charge in [0.25, 0.3) is 0 Å². The number of ether oxygens (including phenoxy) is 1. The lowest BCUT2D eigenvalue weighted by atomic mass is 9.91. The number of carbonyl (C=O) groups is 3. The summed E-state index contributed by atoms with van der Waals surface area (Å²) in [7, 11) is 0. The van der Waals surface area contributed by atoms with Gasteiger partial charge in [-0.05, 0) is 25.2 Å². The van der Waals surface area contributed by atoms with Crippen molar-refractivity contribution in [2.75, 3.05) is 26.2 Å². The molecule has 3 atom stereocenters. The van der Waals surface area contributed by atoms with Crippen LogP contribution in [0.1, 0.15) is 33.6 Å². The second-order valence-electron chi connectivity index (χ2n) is 6.08. The van der Waals surface area contributed by atoms with Gasteiger partial charge in [0, 0.05) is 26.1 Å². The summed E-state index contributed by atoms with van der Waals surface area (Å²) in [6, 6.07) is -0.270. The van der Waals surface area contributed by atoms with Crippen molar-refractivity contribution in [1.29, 1.82) is 0 Å².